The molecule has 10 heteroatoms. The number of hydrogen-bond acceptors (Lipinski definition) is 7. The topological polar surface area (TPSA) is 111 Å². The van der Waals surface area contributed by atoms with Gasteiger partial charge in [0.05, 0.1) is 4.90 Å². The Morgan fingerprint density at radius 1 is 1.27 bits per heavy atom. The summed E-state index contributed by atoms with van der Waals surface area (Å²) in [7, 11) is -3.85. The summed E-state index contributed by atoms with van der Waals surface area (Å²) in [6, 6.07) is 5.20. The van der Waals surface area contributed by atoms with Gasteiger partial charge < -0.3 is 19.3 Å². The smallest absolute Gasteiger partial charge is 0.244 e. The molecular formula is C16H17N3O6S. The zero-order valence-electron chi connectivity index (χ0n) is 14.0. The summed E-state index contributed by atoms with van der Waals surface area (Å²) in [5.41, 5.74) is 0. The van der Waals surface area contributed by atoms with E-state index in [1.54, 1.807) is 19.1 Å². The molecule has 2 aromatic rings. The van der Waals surface area contributed by atoms with Crippen LogP contribution in [0.4, 0.5) is 5.82 Å². The van der Waals surface area contributed by atoms with Crippen molar-refractivity contribution in [2.75, 3.05) is 18.7 Å². The maximum Gasteiger partial charge on any atom is 0.244 e. The SMILES string of the molecule is Cc1cc(NC(=O)C2CCCN2S(=O)(=O)c2ccc3c(c2)OCO3)no1. The third kappa shape index (κ3) is 2.90. The predicted octanol–water partition coefficient (Wildman–Crippen LogP) is 1.50. The number of aromatic nitrogens is 1. The van der Waals surface area contributed by atoms with Gasteiger partial charge in [0.15, 0.2) is 17.3 Å². The summed E-state index contributed by atoms with van der Waals surface area (Å²) in [6.45, 7) is 2.03. The summed E-state index contributed by atoms with van der Waals surface area (Å²) in [4.78, 5) is 12.6. The molecule has 0 bridgehead atoms. The number of benzene rings is 1. The molecule has 1 N–H and O–H groups in total. The molecule has 138 valence electrons. The highest BCUT2D eigenvalue weighted by Gasteiger charge is 2.40. The number of carbonyl (C=O) groups excluding carboxylic acids is 1. The second-order valence-electron chi connectivity index (χ2n) is 6.10. The Morgan fingerprint density at radius 3 is 2.85 bits per heavy atom. The van der Waals surface area contributed by atoms with E-state index >= 15 is 0 Å². The van der Waals surface area contributed by atoms with Crippen LogP contribution in [-0.4, -0.2) is 43.2 Å². The van der Waals surface area contributed by atoms with Gasteiger partial charge >= 0.3 is 0 Å². The fourth-order valence-corrected chi connectivity index (χ4v) is 4.77. The van der Waals surface area contributed by atoms with Gasteiger partial charge in [-0.3, -0.25) is 4.79 Å². The van der Waals surface area contributed by atoms with Crippen LogP contribution in [0.1, 0.15) is 18.6 Å². The zero-order valence-corrected chi connectivity index (χ0v) is 14.8. The monoisotopic (exact) mass is 379 g/mol. The van der Waals surface area contributed by atoms with Crippen LogP contribution in [0.15, 0.2) is 33.7 Å². The van der Waals surface area contributed by atoms with Gasteiger partial charge in [0, 0.05) is 18.7 Å². The van der Waals surface area contributed by atoms with Crippen LogP contribution in [0.3, 0.4) is 0 Å². The fourth-order valence-electron chi connectivity index (χ4n) is 3.10. The first kappa shape index (κ1) is 16.9. The van der Waals surface area contributed by atoms with Crippen molar-refractivity contribution in [3.63, 3.8) is 0 Å². The van der Waals surface area contributed by atoms with Crippen molar-refractivity contribution in [2.24, 2.45) is 0 Å². The molecule has 3 heterocycles. The molecule has 0 aliphatic carbocycles. The van der Waals surface area contributed by atoms with E-state index in [0.29, 0.717) is 30.1 Å². The number of fused-ring (bicyclic) bond motifs is 1. The minimum Gasteiger partial charge on any atom is -0.454 e. The largest absolute Gasteiger partial charge is 0.454 e. The number of sulfonamides is 1. The highest BCUT2D eigenvalue weighted by molar-refractivity contribution is 7.89. The zero-order chi connectivity index (χ0) is 18.3. The van der Waals surface area contributed by atoms with Gasteiger partial charge in [-0.05, 0) is 31.9 Å². The molecule has 0 saturated carbocycles. The lowest BCUT2D eigenvalue weighted by Gasteiger charge is -2.23. The van der Waals surface area contributed by atoms with Crippen LogP contribution in [0.5, 0.6) is 11.5 Å². The molecule has 0 spiro atoms. The van der Waals surface area contributed by atoms with Crippen molar-refractivity contribution < 1.29 is 27.2 Å². The summed E-state index contributed by atoms with van der Waals surface area (Å²) < 4.78 is 42.6. The summed E-state index contributed by atoms with van der Waals surface area (Å²) in [6.07, 6.45) is 1.03. The Balaban J connectivity index is 1.57. The Bertz CT molecular complexity index is 955. The van der Waals surface area contributed by atoms with Crippen molar-refractivity contribution in [1.29, 1.82) is 0 Å². The Hall–Kier alpha value is -2.59. The molecule has 1 aromatic carbocycles. The van der Waals surface area contributed by atoms with Gasteiger partial charge in [-0.2, -0.15) is 4.31 Å². The van der Waals surface area contributed by atoms with E-state index in [4.69, 9.17) is 14.0 Å². The van der Waals surface area contributed by atoms with Gasteiger partial charge in [-0.1, -0.05) is 5.16 Å². The number of nitrogens with zero attached hydrogens (tertiary/aromatic N) is 2. The Labute approximate surface area is 149 Å². The van der Waals surface area contributed by atoms with E-state index < -0.39 is 22.0 Å². The minimum atomic E-state index is -3.85. The van der Waals surface area contributed by atoms with Gasteiger partial charge in [-0.15, -0.1) is 0 Å². The second kappa shape index (κ2) is 6.29. The lowest BCUT2D eigenvalue weighted by atomic mass is 10.2. The highest BCUT2D eigenvalue weighted by Crippen LogP contribution is 2.36. The summed E-state index contributed by atoms with van der Waals surface area (Å²) in [5.74, 6) is 1.27. The lowest BCUT2D eigenvalue weighted by Crippen LogP contribution is -2.43. The molecule has 9 nitrogen and oxygen atoms in total. The third-order valence-corrected chi connectivity index (χ3v) is 6.24. The van der Waals surface area contributed by atoms with Crippen LogP contribution < -0.4 is 14.8 Å². The molecule has 2 aliphatic rings. The number of anilines is 1. The van der Waals surface area contributed by atoms with E-state index in [2.05, 4.69) is 10.5 Å². The molecule has 1 saturated heterocycles. The average molecular weight is 379 g/mol. The maximum atomic E-state index is 13.0. The number of aryl methyl sites for hydroxylation is 1. The Morgan fingerprint density at radius 2 is 2.08 bits per heavy atom. The van der Waals surface area contributed by atoms with Crippen LogP contribution in [0.2, 0.25) is 0 Å². The fraction of sp³-hybridized carbons (Fsp3) is 0.375. The van der Waals surface area contributed by atoms with Crippen LogP contribution in [0, 0.1) is 6.92 Å². The van der Waals surface area contributed by atoms with E-state index in [0.717, 1.165) is 0 Å². The summed E-state index contributed by atoms with van der Waals surface area (Å²) in [5, 5.41) is 6.31. The van der Waals surface area contributed by atoms with E-state index in [1.807, 2.05) is 0 Å². The van der Waals surface area contributed by atoms with Gasteiger partial charge in [0.25, 0.3) is 0 Å². The maximum absolute atomic E-state index is 13.0. The molecule has 1 unspecified atom stereocenters. The van der Waals surface area contributed by atoms with Crippen molar-refractivity contribution in [3.05, 3.63) is 30.0 Å². The standard InChI is InChI=1S/C16H17N3O6S/c1-10-7-15(18-25-10)17-16(20)12-3-2-6-19(12)26(21,22)11-4-5-13-14(8-11)24-9-23-13/h4-5,7-8,12H,2-3,6,9H2,1H3,(H,17,18,20). The molecule has 1 amide bonds. The van der Waals surface area contributed by atoms with Crippen molar-refractivity contribution in [3.8, 4) is 11.5 Å². The molecule has 1 fully saturated rings. The number of rotatable bonds is 4. The quantitative estimate of drug-likeness (QED) is 0.857. The number of nitrogens with one attached hydrogen (secondary N) is 1. The highest BCUT2D eigenvalue weighted by atomic mass is 32.2. The molecule has 0 radical (unpaired) electrons. The first-order valence-corrected chi connectivity index (χ1v) is 9.55. The predicted molar refractivity (Wildman–Crippen MR) is 89.3 cm³/mol. The van der Waals surface area contributed by atoms with Crippen LogP contribution in [0.25, 0.3) is 0 Å². The van der Waals surface area contributed by atoms with Gasteiger partial charge in [0.1, 0.15) is 11.8 Å². The minimum absolute atomic E-state index is 0.0602. The normalized spacial score (nSPS) is 19.7. The van der Waals surface area contributed by atoms with Gasteiger partial charge in [-0.25, -0.2) is 8.42 Å². The molecule has 26 heavy (non-hydrogen) atoms. The van der Waals surface area contributed by atoms with Crippen molar-refractivity contribution in [2.45, 2.75) is 30.7 Å². The van der Waals surface area contributed by atoms with Crippen molar-refractivity contribution in [1.82, 2.24) is 9.46 Å². The lowest BCUT2D eigenvalue weighted by molar-refractivity contribution is -0.119. The molecular weight excluding hydrogens is 362 g/mol. The second-order valence-corrected chi connectivity index (χ2v) is 7.99. The molecule has 1 aromatic heterocycles. The van der Waals surface area contributed by atoms with Crippen LogP contribution >= 0.6 is 0 Å². The average Bonchev–Trinajstić information content (AvgIpc) is 3.34. The third-order valence-electron chi connectivity index (χ3n) is 4.34. The van der Waals surface area contributed by atoms with Crippen LogP contribution in [-0.2, 0) is 14.8 Å². The van der Waals surface area contributed by atoms with Crippen molar-refractivity contribution >= 4 is 21.7 Å². The number of hydrogen-bond donors (Lipinski definition) is 1. The molecule has 2 aliphatic heterocycles. The molecule has 1 atom stereocenters. The first-order chi connectivity index (χ1) is 12.4. The van der Waals surface area contributed by atoms with E-state index in [1.165, 1.54) is 16.4 Å². The van der Waals surface area contributed by atoms with Gasteiger partial charge in [0.2, 0.25) is 22.7 Å². The molecule has 4 rings (SSSR count). The first-order valence-electron chi connectivity index (χ1n) is 8.11. The van der Waals surface area contributed by atoms with E-state index in [-0.39, 0.29) is 24.1 Å². The summed E-state index contributed by atoms with van der Waals surface area (Å²) >= 11 is 0. The van der Waals surface area contributed by atoms with E-state index in [9.17, 15) is 13.2 Å². The number of carbonyl (C=O) groups is 1. The number of amides is 1. The Kier molecular flexibility index (Phi) is 4.08. The number of ether oxygens (including phenoxy) is 2.